The molecule has 0 radical (unpaired) electrons. The average Bonchev–Trinajstić information content (AvgIpc) is 2.99. The van der Waals surface area contributed by atoms with Crippen molar-refractivity contribution >= 4 is 20.0 Å². The fraction of sp³-hybridized carbons (Fsp3) is 0.500. The lowest BCUT2D eigenvalue weighted by molar-refractivity contribution is 0.0996. The highest BCUT2D eigenvalue weighted by atomic mass is 32.2. The Balaban J connectivity index is 1.85. The van der Waals surface area contributed by atoms with Crippen molar-refractivity contribution in [1.29, 1.82) is 0 Å². The lowest BCUT2D eigenvalue weighted by Gasteiger charge is -2.20. The van der Waals surface area contributed by atoms with Crippen molar-refractivity contribution in [3.8, 4) is 0 Å². The molecule has 3 atom stereocenters. The lowest BCUT2D eigenvalue weighted by Crippen LogP contribution is -2.41. The Bertz CT molecular complexity index is 760. The molecule has 2 aliphatic heterocycles. The topological polar surface area (TPSA) is 116 Å². The van der Waals surface area contributed by atoms with E-state index in [1.807, 2.05) is 0 Å². The van der Waals surface area contributed by atoms with Crippen LogP contribution in [0.25, 0.3) is 0 Å². The van der Waals surface area contributed by atoms with E-state index in [-0.39, 0.29) is 28.0 Å². The van der Waals surface area contributed by atoms with Gasteiger partial charge in [0.2, 0.25) is 20.0 Å². The molecule has 0 aromatic heterocycles. The molecular weight excluding hydrogens is 316 g/mol. The molecule has 2 bridgehead atoms. The quantitative estimate of drug-likeness (QED) is 0.801. The van der Waals surface area contributed by atoms with E-state index in [4.69, 9.17) is 9.88 Å². The van der Waals surface area contributed by atoms with Crippen molar-refractivity contribution in [3.63, 3.8) is 0 Å². The first kappa shape index (κ1) is 14.9. The summed E-state index contributed by atoms with van der Waals surface area (Å²) in [5.41, 5.74) is 0. The first-order chi connectivity index (χ1) is 9.75. The van der Waals surface area contributed by atoms with Crippen LogP contribution in [0.4, 0.5) is 0 Å². The van der Waals surface area contributed by atoms with Crippen LogP contribution in [0.3, 0.4) is 0 Å². The summed E-state index contributed by atoms with van der Waals surface area (Å²) in [6.07, 6.45) is 2.49. The Morgan fingerprint density at radius 1 is 1.14 bits per heavy atom. The van der Waals surface area contributed by atoms with Crippen LogP contribution in [-0.4, -0.2) is 35.1 Å². The Labute approximate surface area is 123 Å². The maximum atomic E-state index is 12.3. The summed E-state index contributed by atoms with van der Waals surface area (Å²) < 4.78 is 55.5. The van der Waals surface area contributed by atoms with E-state index in [0.29, 0.717) is 6.42 Å². The minimum absolute atomic E-state index is 0.0915. The summed E-state index contributed by atoms with van der Waals surface area (Å²) in [6, 6.07) is 4.75. The van der Waals surface area contributed by atoms with Gasteiger partial charge in [0, 0.05) is 0 Å². The Morgan fingerprint density at radius 3 is 2.43 bits per heavy atom. The van der Waals surface area contributed by atoms with Crippen LogP contribution < -0.4 is 9.86 Å². The molecular formula is C12H16N2O5S2. The number of rotatable bonds is 4. The minimum atomic E-state index is -3.94. The molecule has 21 heavy (non-hydrogen) atoms. The molecule has 9 heteroatoms. The van der Waals surface area contributed by atoms with E-state index in [1.54, 1.807) is 0 Å². The average molecular weight is 332 g/mol. The third-order valence-corrected chi connectivity index (χ3v) is 6.26. The Morgan fingerprint density at radius 2 is 1.86 bits per heavy atom. The summed E-state index contributed by atoms with van der Waals surface area (Å²) >= 11 is 0. The number of nitrogens with two attached hydrogens (primary N) is 1. The second kappa shape index (κ2) is 5.03. The molecule has 116 valence electrons. The summed E-state index contributed by atoms with van der Waals surface area (Å²) in [4.78, 5) is -0.341. The van der Waals surface area contributed by atoms with Crippen LogP contribution in [-0.2, 0) is 24.8 Å². The third kappa shape index (κ3) is 2.97. The molecule has 2 aliphatic rings. The first-order valence-corrected chi connectivity index (χ1v) is 9.59. The van der Waals surface area contributed by atoms with E-state index in [1.165, 1.54) is 18.2 Å². The van der Waals surface area contributed by atoms with Crippen LogP contribution in [0, 0.1) is 0 Å². The molecule has 3 rings (SSSR count). The van der Waals surface area contributed by atoms with Gasteiger partial charge in [0.1, 0.15) is 0 Å². The zero-order valence-corrected chi connectivity index (χ0v) is 12.7. The zero-order valence-electron chi connectivity index (χ0n) is 11.1. The van der Waals surface area contributed by atoms with Gasteiger partial charge in [0.05, 0.1) is 28.0 Å². The van der Waals surface area contributed by atoms with E-state index in [9.17, 15) is 16.8 Å². The maximum Gasteiger partial charge on any atom is 0.240 e. The number of ether oxygens (including phenoxy) is 1. The van der Waals surface area contributed by atoms with Crippen LogP contribution >= 0.6 is 0 Å². The Hall–Kier alpha value is -1.00. The van der Waals surface area contributed by atoms with Gasteiger partial charge in [-0.25, -0.2) is 26.7 Å². The maximum absolute atomic E-state index is 12.3. The van der Waals surface area contributed by atoms with Crippen LogP contribution in [0.15, 0.2) is 34.1 Å². The summed E-state index contributed by atoms with van der Waals surface area (Å²) in [6.45, 7) is 0. The van der Waals surface area contributed by atoms with Crippen molar-refractivity contribution in [1.82, 2.24) is 4.72 Å². The third-order valence-electron chi connectivity index (χ3n) is 3.86. The lowest BCUT2D eigenvalue weighted by atomic mass is 9.96. The van der Waals surface area contributed by atoms with Crippen molar-refractivity contribution < 1.29 is 21.6 Å². The Kier molecular flexibility index (Phi) is 3.57. The number of hydrogen-bond donors (Lipinski definition) is 2. The first-order valence-electron chi connectivity index (χ1n) is 6.56. The van der Waals surface area contributed by atoms with Crippen molar-refractivity contribution in [2.45, 2.75) is 47.3 Å². The second-order valence-electron chi connectivity index (χ2n) is 5.36. The van der Waals surface area contributed by atoms with Crippen LogP contribution in [0.2, 0.25) is 0 Å². The van der Waals surface area contributed by atoms with Crippen molar-refractivity contribution in [3.05, 3.63) is 24.3 Å². The standard InChI is InChI=1S/C12H16N2O5S2/c13-20(15,16)9-2-1-3-10(7-9)21(17,18)14-11-6-8-4-5-12(11)19-8/h1-3,7-8,11-12,14H,4-6H2,(H2,13,15,16). The van der Waals surface area contributed by atoms with E-state index < -0.39 is 20.0 Å². The SMILES string of the molecule is NS(=O)(=O)c1cccc(S(=O)(=O)NC2CC3CCC2O3)c1. The van der Waals surface area contributed by atoms with Gasteiger partial charge in [-0.1, -0.05) is 6.07 Å². The predicted octanol–water partition coefficient (Wildman–Crippen LogP) is -0.0678. The second-order valence-corrected chi connectivity index (χ2v) is 8.63. The molecule has 2 heterocycles. The van der Waals surface area contributed by atoms with Gasteiger partial charge < -0.3 is 4.74 Å². The summed E-state index contributed by atoms with van der Waals surface area (Å²) in [5, 5.41) is 5.02. The largest absolute Gasteiger partial charge is 0.373 e. The number of benzene rings is 1. The van der Waals surface area contributed by atoms with Crippen molar-refractivity contribution in [2.75, 3.05) is 0 Å². The van der Waals surface area contributed by atoms with Crippen molar-refractivity contribution in [2.24, 2.45) is 5.14 Å². The fourth-order valence-corrected chi connectivity index (χ4v) is 4.80. The van der Waals surface area contributed by atoms with Gasteiger partial charge in [-0.05, 0) is 37.5 Å². The van der Waals surface area contributed by atoms with Crippen LogP contribution in [0.5, 0.6) is 0 Å². The number of fused-ring (bicyclic) bond motifs is 2. The molecule has 1 aromatic rings. The fourth-order valence-electron chi connectivity index (χ4n) is 2.85. The number of hydrogen-bond acceptors (Lipinski definition) is 5. The number of sulfonamides is 2. The number of primary sulfonamides is 1. The van der Waals surface area contributed by atoms with E-state index in [0.717, 1.165) is 18.9 Å². The van der Waals surface area contributed by atoms with Gasteiger partial charge in [-0.2, -0.15) is 0 Å². The molecule has 1 aromatic carbocycles. The molecule has 3 unspecified atom stereocenters. The smallest absolute Gasteiger partial charge is 0.240 e. The monoisotopic (exact) mass is 332 g/mol. The number of nitrogens with one attached hydrogen (secondary N) is 1. The minimum Gasteiger partial charge on any atom is -0.373 e. The molecule has 0 aliphatic carbocycles. The molecule has 0 spiro atoms. The van der Waals surface area contributed by atoms with E-state index >= 15 is 0 Å². The normalized spacial score (nSPS) is 28.9. The van der Waals surface area contributed by atoms with Gasteiger partial charge >= 0.3 is 0 Å². The predicted molar refractivity (Wildman–Crippen MR) is 74.4 cm³/mol. The van der Waals surface area contributed by atoms with Gasteiger partial charge in [-0.3, -0.25) is 0 Å². The van der Waals surface area contributed by atoms with Gasteiger partial charge in [0.15, 0.2) is 0 Å². The van der Waals surface area contributed by atoms with Gasteiger partial charge in [-0.15, -0.1) is 0 Å². The summed E-state index contributed by atoms with van der Waals surface area (Å²) in [7, 11) is -7.74. The highest BCUT2D eigenvalue weighted by Crippen LogP contribution is 2.35. The molecule has 2 fully saturated rings. The van der Waals surface area contributed by atoms with E-state index in [2.05, 4.69) is 4.72 Å². The molecule has 0 saturated carbocycles. The molecule has 7 nitrogen and oxygen atoms in total. The summed E-state index contributed by atoms with van der Waals surface area (Å²) in [5.74, 6) is 0. The zero-order chi connectivity index (χ0) is 15.3. The molecule has 0 amide bonds. The van der Waals surface area contributed by atoms with Crippen LogP contribution in [0.1, 0.15) is 19.3 Å². The highest BCUT2D eigenvalue weighted by molar-refractivity contribution is 7.90. The molecule has 3 N–H and O–H groups in total. The van der Waals surface area contributed by atoms with Gasteiger partial charge in [0.25, 0.3) is 0 Å². The molecule has 2 saturated heterocycles. The highest BCUT2D eigenvalue weighted by Gasteiger charge is 2.42.